The topological polar surface area (TPSA) is 70.9 Å². The lowest BCUT2D eigenvalue weighted by Gasteiger charge is -2.09. The Bertz CT molecular complexity index is 735. The van der Waals surface area contributed by atoms with E-state index in [1.165, 1.54) is 31.2 Å². The summed E-state index contributed by atoms with van der Waals surface area (Å²) in [6, 6.07) is 12.1. The molecule has 24 heavy (non-hydrogen) atoms. The van der Waals surface area contributed by atoms with E-state index in [1.54, 1.807) is 31.2 Å². The maximum Gasteiger partial charge on any atom is 0.253 e. The Morgan fingerprint density at radius 2 is 2.04 bits per heavy atom. The van der Waals surface area contributed by atoms with Crippen LogP contribution in [-0.2, 0) is 4.79 Å². The molecule has 0 radical (unpaired) electrons. The summed E-state index contributed by atoms with van der Waals surface area (Å²) in [6.45, 7) is 1.80. The number of hydrazone groups is 1. The van der Waals surface area contributed by atoms with Gasteiger partial charge in [-0.3, -0.25) is 4.79 Å². The summed E-state index contributed by atoms with van der Waals surface area (Å²) in [6.07, 6.45) is 1.49. The maximum absolute atomic E-state index is 12.0. The third kappa shape index (κ3) is 5.18. The minimum atomic E-state index is -0.308. The molecule has 0 fully saturated rings. The van der Waals surface area contributed by atoms with E-state index in [4.69, 9.17) is 16.3 Å². The maximum atomic E-state index is 12.0. The van der Waals surface area contributed by atoms with E-state index in [-0.39, 0.29) is 16.9 Å². The van der Waals surface area contributed by atoms with Crippen LogP contribution in [0, 0.1) is 0 Å². The van der Waals surface area contributed by atoms with Gasteiger partial charge >= 0.3 is 0 Å². The second-order valence-electron chi connectivity index (χ2n) is 4.88. The summed E-state index contributed by atoms with van der Waals surface area (Å²) in [4.78, 5) is 13.0. The number of benzene rings is 2. The van der Waals surface area contributed by atoms with Crippen molar-refractivity contribution in [2.45, 2.75) is 17.1 Å². The monoisotopic (exact) mass is 364 g/mol. The van der Waals surface area contributed by atoms with Gasteiger partial charge < -0.3 is 9.84 Å². The number of aromatic hydroxyl groups is 1. The predicted octanol–water partition coefficient (Wildman–Crippen LogP) is 3.69. The number of carbonyl (C=O) groups excluding carboxylic acids is 1. The number of amides is 1. The third-order valence-electron chi connectivity index (χ3n) is 3.09. The normalized spacial score (nSPS) is 12.1. The van der Waals surface area contributed by atoms with E-state index in [1.807, 2.05) is 12.1 Å². The number of nitrogens with zero attached hydrogens (tertiary/aromatic N) is 1. The van der Waals surface area contributed by atoms with Gasteiger partial charge in [0.05, 0.1) is 18.6 Å². The summed E-state index contributed by atoms with van der Waals surface area (Å²) in [5.41, 5.74) is 3.19. The number of thioether (sulfide) groups is 1. The average Bonchev–Trinajstić information content (AvgIpc) is 2.58. The summed E-state index contributed by atoms with van der Waals surface area (Å²) < 4.78 is 5.01. The van der Waals surface area contributed by atoms with E-state index in [9.17, 15) is 9.90 Å². The minimum Gasteiger partial charge on any atom is -0.504 e. The highest BCUT2D eigenvalue weighted by atomic mass is 35.5. The molecule has 1 atom stereocenters. The summed E-state index contributed by atoms with van der Waals surface area (Å²) in [5, 5.41) is 13.8. The lowest BCUT2D eigenvalue weighted by Crippen LogP contribution is -2.26. The molecule has 0 aliphatic heterocycles. The Morgan fingerprint density at radius 1 is 1.33 bits per heavy atom. The van der Waals surface area contributed by atoms with Crippen molar-refractivity contribution in [2.75, 3.05) is 7.11 Å². The van der Waals surface area contributed by atoms with Crippen molar-refractivity contribution in [1.82, 2.24) is 5.43 Å². The fourth-order valence-corrected chi connectivity index (χ4v) is 2.79. The molecule has 2 aromatic carbocycles. The molecule has 0 heterocycles. The standard InChI is InChI=1S/C17H17ClN2O3S/c1-11(24-14-6-4-13(18)5-7-14)17(22)20-19-10-12-3-8-15(21)16(9-12)23-2/h3-11,21H,1-2H3,(H,20,22)/b19-10-/t11-/m0/s1. The van der Waals surface area contributed by atoms with Crippen molar-refractivity contribution in [2.24, 2.45) is 5.10 Å². The number of methoxy groups -OCH3 is 1. The van der Waals surface area contributed by atoms with Gasteiger partial charge in [0.2, 0.25) is 0 Å². The Kier molecular flexibility index (Phi) is 6.52. The Balaban J connectivity index is 1.90. The molecule has 2 N–H and O–H groups in total. The summed E-state index contributed by atoms with van der Waals surface area (Å²) in [7, 11) is 1.47. The fraction of sp³-hybridized carbons (Fsp3) is 0.176. The highest BCUT2D eigenvalue weighted by Crippen LogP contribution is 2.26. The molecule has 5 nitrogen and oxygen atoms in total. The number of phenolic OH excluding ortho intramolecular Hbond substituents is 1. The van der Waals surface area contributed by atoms with Crippen LogP contribution in [0.15, 0.2) is 52.5 Å². The zero-order chi connectivity index (χ0) is 17.5. The number of carbonyl (C=O) groups is 1. The van der Waals surface area contributed by atoms with Crippen LogP contribution >= 0.6 is 23.4 Å². The van der Waals surface area contributed by atoms with Crippen LogP contribution in [0.2, 0.25) is 5.02 Å². The van der Waals surface area contributed by atoms with E-state index in [0.29, 0.717) is 16.3 Å². The first kappa shape index (κ1) is 18.2. The molecule has 2 rings (SSSR count). The van der Waals surface area contributed by atoms with Gasteiger partial charge in [0.25, 0.3) is 5.91 Å². The Morgan fingerprint density at radius 3 is 2.71 bits per heavy atom. The van der Waals surface area contributed by atoms with E-state index in [0.717, 1.165) is 4.90 Å². The van der Waals surface area contributed by atoms with E-state index >= 15 is 0 Å². The zero-order valence-corrected chi connectivity index (χ0v) is 14.8. The van der Waals surface area contributed by atoms with E-state index < -0.39 is 0 Å². The second-order valence-corrected chi connectivity index (χ2v) is 6.73. The first-order chi connectivity index (χ1) is 11.5. The van der Waals surface area contributed by atoms with Gasteiger partial charge in [0, 0.05) is 9.92 Å². The largest absolute Gasteiger partial charge is 0.504 e. The van der Waals surface area contributed by atoms with Crippen LogP contribution in [0.25, 0.3) is 0 Å². The summed E-state index contributed by atoms with van der Waals surface area (Å²) >= 11 is 7.25. The highest BCUT2D eigenvalue weighted by Gasteiger charge is 2.13. The van der Waals surface area contributed by atoms with Crippen LogP contribution < -0.4 is 10.2 Å². The van der Waals surface area contributed by atoms with Crippen LogP contribution in [0.1, 0.15) is 12.5 Å². The second kappa shape index (κ2) is 8.61. The van der Waals surface area contributed by atoms with Crippen molar-refractivity contribution in [3.05, 3.63) is 53.1 Å². The van der Waals surface area contributed by atoms with Gasteiger partial charge in [0.1, 0.15) is 0 Å². The molecule has 2 aromatic rings. The summed E-state index contributed by atoms with van der Waals surface area (Å²) in [5.74, 6) is 0.181. The van der Waals surface area contributed by atoms with Crippen LogP contribution in [-0.4, -0.2) is 29.6 Å². The van der Waals surface area contributed by atoms with Crippen molar-refractivity contribution in [3.63, 3.8) is 0 Å². The van der Waals surface area contributed by atoms with E-state index in [2.05, 4.69) is 10.5 Å². The molecule has 0 aliphatic rings. The van der Waals surface area contributed by atoms with Crippen molar-refractivity contribution < 1.29 is 14.6 Å². The van der Waals surface area contributed by atoms with Crippen molar-refractivity contribution in [3.8, 4) is 11.5 Å². The van der Waals surface area contributed by atoms with Gasteiger partial charge in [0.15, 0.2) is 11.5 Å². The molecular weight excluding hydrogens is 348 g/mol. The zero-order valence-electron chi connectivity index (χ0n) is 13.2. The van der Waals surface area contributed by atoms with Gasteiger partial charge in [-0.15, -0.1) is 11.8 Å². The molecule has 0 saturated heterocycles. The predicted molar refractivity (Wildman–Crippen MR) is 97.2 cm³/mol. The highest BCUT2D eigenvalue weighted by molar-refractivity contribution is 8.00. The molecule has 126 valence electrons. The lowest BCUT2D eigenvalue weighted by molar-refractivity contribution is -0.120. The number of ether oxygens (including phenoxy) is 1. The molecule has 1 amide bonds. The molecule has 0 aliphatic carbocycles. The number of hydrogen-bond acceptors (Lipinski definition) is 5. The van der Waals surface area contributed by atoms with Crippen LogP contribution in [0.3, 0.4) is 0 Å². The van der Waals surface area contributed by atoms with Crippen molar-refractivity contribution >= 4 is 35.5 Å². The smallest absolute Gasteiger partial charge is 0.253 e. The number of rotatable bonds is 6. The SMILES string of the molecule is COc1cc(/C=N\NC(=O)[C@H](C)Sc2ccc(Cl)cc2)ccc1O. The van der Waals surface area contributed by atoms with Crippen molar-refractivity contribution in [1.29, 1.82) is 0 Å². The number of nitrogens with one attached hydrogen (secondary N) is 1. The van der Waals surface area contributed by atoms with Gasteiger partial charge in [-0.05, 0) is 55.0 Å². The fourth-order valence-electron chi connectivity index (χ4n) is 1.81. The number of halogens is 1. The molecule has 0 unspecified atom stereocenters. The first-order valence-corrected chi connectivity index (χ1v) is 8.37. The number of phenols is 1. The average molecular weight is 365 g/mol. The van der Waals surface area contributed by atoms with Gasteiger partial charge in [-0.1, -0.05) is 11.6 Å². The number of hydrogen-bond donors (Lipinski definition) is 2. The van der Waals surface area contributed by atoms with Gasteiger partial charge in [-0.25, -0.2) is 5.43 Å². The molecule has 7 heteroatoms. The molecule has 0 saturated carbocycles. The quantitative estimate of drug-likeness (QED) is 0.466. The molecule has 0 bridgehead atoms. The lowest BCUT2D eigenvalue weighted by atomic mass is 10.2. The minimum absolute atomic E-state index is 0.0478. The Hall–Kier alpha value is -2.18. The molecular formula is C17H17ClN2O3S. The van der Waals surface area contributed by atoms with Crippen LogP contribution in [0.5, 0.6) is 11.5 Å². The molecule has 0 spiro atoms. The Labute approximate surface area is 149 Å². The third-order valence-corrected chi connectivity index (χ3v) is 4.45. The van der Waals surface area contributed by atoms with Crippen LogP contribution in [0.4, 0.5) is 0 Å². The molecule has 0 aromatic heterocycles. The van der Waals surface area contributed by atoms with Gasteiger partial charge in [-0.2, -0.15) is 5.10 Å². The first-order valence-electron chi connectivity index (χ1n) is 7.11.